The van der Waals surface area contributed by atoms with Crippen LogP contribution in [0, 0.1) is 0 Å². The first-order chi connectivity index (χ1) is 14.4. The van der Waals surface area contributed by atoms with Crippen molar-refractivity contribution in [3.63, 3.8) is 0 Å². The quantitative estimate of drug-likeness (QED) is 0.185. The standard InChI is InChI=1S/C28H53N/c1-3-5-7-9-10-11-12-13-14-15-16-17-18-19-20-22-24-28-26-29-25-27(28)23-21-8-6-4-2/h25-26,29H,3-24H2,1-2H3. The molecule has 1 rings (SSSR count). The van der Waals surface area contributed by atoms with E-state index in [0.29, 0.717) is 0 Å². The van der Waals surface area contributed by atoms with Crippen LogP contribution in [-0.4, -0.2) is 4.98 Å². The minimum absolute atomic E-state index is 1.28. The lowest BCUT2D eigenvalue weighted by Crippen LogP contribution is -1.91. The lowest BCUT2D eigenvalue weighted by Gasteiger charge is -2.05. The van der Waals surface area contributed by atoms with E-state index in [1.165, 1.54) is 141 Å². The summed E-state index contributed by atoms with van der Waals surface area (Å²) < 4.78 is 0. The lowest BCUT2D eigenvalue weighted by atomic mass is 10.00. The molecule has 0 aliphatic carbocycles. The monoisotopic (exact) mass is 403 g/mol. The van der Waals surface area contributed by atoms with Crippen molar-refractivity contribution in [1.82, 2.24) is 4.98 Å². The van der Waals surface area contributed by atoms with Gasteiger partial charge in [-0.25, -0.2) is 0 Å². The van der Waals surface area contributed by atoms with E-state index < -0.39 is 0 Å². The summed E-state index contributed by atoms with van der Waals surface area (Å²) in [5.41, 5.74) is 3.17. The Labute approximate surface area is 183 Å². The fraction of sp³-hybridized carbons (Fsp3) is 0.857. The first-order valence-corrected chi connectivity index (χ1v) is 13.5. The summed E-state index contributed by atoms with van der Waals surface area (Å²) in [6, 6.07) is 0. The van der Waals surface area contributed by atoms with E-state index in [-0.39, 0.29) is 0 Å². The normalized spacial score (nSPS) is 11.4. The number of hydrogen-bond acceptors (Lipinski definition) is 0. The number of unbranched alkanes of at least 4 members (excludes halogenated alkanes) is 18. The molecule has 0 atom stereocenters. The zero-order chi connectivity index (χ0) is 20.8. The summed E-state index contributed by atoms with van der Waals surface area (Å²) in [5, 5.41) is 0. The van der Waals surface area contributed by atoms with Crippen LogP contribution in [0.2, 0.25) is 0 Å². The average molecular weight is 404 g/mol. The SMILES string of the molecule is CCCCCCCCCCCCCCCCCCc1c[nH]cc1CCCCCC. The highest BCUT2D eigenvalue weighted by Gasteiger charge is 2.03. The predicted octanol–water partition coefficient (Wildman–Crippen LogP) is 9.94. The summed E-state index contributed by atoms with van der Waals surface area (Å²) in [7, 11) is 0. The maximum absolute atomic E-state index is 3.34. The third-order valence-electron chi connectivity index (χ3n) is 6.53. The molecule has 0 fully saturated rings. The Morgan fingerprint density at radius 3 is 1.03 bits per heavy atom. The number of aromatic nitrogens is 1. The predicted molar refractivity (Wildman–Crippen MR) is 132 cm³/mol. The van der Waals surface area contributed by atoms with Gasteiger partial charge in [0.1, 0.15) is 0 Å². The van der Waals surface area contributed by atoms with Gasteiger partial charge in [0.15, 0.2) is 0 Å². The summed E-state index contributed by atoms with van der Waals surface area (Å²) in [6.45, 7) is 4.59. The molecule has 0 aromatic carbocycles. The second-order valence-electron chi connectivity index (χ2n) is 9.37. The van der Waals surface area contributed by atoms with E-state index in [2.05, 4.69) is 31.2 Å². The molecular weight excluding hydrogens is 350 g/mol. The summed E-state index contributed by atoms with van der Waals surface area (Å²) in [6.07, 6.45) is 35.7. The van der Waals surface area contributed by atoms with Crippen molar-refractivity contribution in [2.24, 2.45) is 0 Å². The smallest absolute Gasteiger partial charge is 0.00401 e. The molecule has 1 heteroatoms. The van der Waals surface area contributed by atoms with Crippen molar-refractivity contribution in [1.29, 1.82) is 0 Å². The highest BCUT2D eigenvalue weighted by Crippen LogP contribution is 2.17. The van der Waals surface area contributed by atoms with E-state index in [0.717, 1.165) is 0 Å². The van der Waals surface area contributed by atoms with Crippen molar-refractivity contribution < 1.29 is 0 Å². The highest BCUT2D eigenvalue weighted by atomic mass is 14.6. The van der Waals surface area contributed by atoms with E-state index >= 15 is 0 Å². The molecule has 1 heterocycles. The van der Waals surface area contributed by atoms with Gasteiger partial charge in [0.25, 0.3) is 0 Å². The molecule has 1 N–H and O–H groups in total. The maximum atomic E-state index is 3.34. The topological polar surface area (TPSA) is 15.8 Å². The zero-order valence-corrected chi connectivity index (χ0v) is 20.2. The average Bonchev–Trinajstić information content (AvgIpc) is 3.18. The molecule has 29 heavy (non-hydrogen) atoms. The van der Waals surface area contributed by atoms with Crippen molar-refractivity contribution >= 4 is 0 Å². The number of aryl methyl sites for hydroxylation is 2. The van der Waals surface area contributed by atoms with Crippen molar-refractivity contribution in [3.8, 4) is 0 Å². The Morgan fingerprint density at radius 2 is 0.690 bits per heavy atom. The Kier molecular flexibility index (Phi) is 18.6. The third-order valence-corrected chi connectivity index (χ3v) is 6.53. The van der Waals surface area contributed by atoms with Crippen LogP contribution in [0.25, 0.3) is 0 Å². The summed E-state index contributed by atoms with van der Waals surface area (Å²) in [5.74, 6) is 0. The molecule has 0 radical (unpaired) electrons. The number of hydrogen-bond donors (Lipinski definition) is 1. The second kappa shape index (κ2) is 20.5. The molecule has 0 spiro atoms. The van der Waals surface area contributed by atoms with Gasteiger partial charge in [0.05, 0.1) is 0 Å². The van der Waals surface area contributed by atoms with Crippen LogP contribution < -0.4 is 0 Å². The molecule has 0 unspecified atom stereocenters. The van der Waals surface area contributed by atoms with Gasteiger partial charge in [-0.3, -0.25) is 0 Å². The number of aromatic amines is 1. The molecule has 1 aromatic heterocycles. The minimum Gasteiger partial charge on any atom is -0.367 e. The molecule has 1 nitrogen and oxygen atoms in total. The van der Waals surface area contributed by atoms with Gasteiger partial charge in [0, 0.05) is 12.4 Å². The first kappa shape index (κ1) is 26.3. The van der Waals surface area contributed by atoms with Gasteiger partial charge < -0.3 is 4.98 Å². The first-order valence-electron chi connectivity index (χ1n) is 13.5. The Morgan fingerprint density at radius 1 is 0.414 bits per heavy atom. The van der Waals surface area contributed by atoms with Crippen LogP contribution in [0.4, 0.5) is 0 Å². The van der Waals surface area contributed by atoms with Crippen LogP contribution in [0.1, 0.15) is 153 Å². The zero-order valence-electron chi connectivity index (χ0n) is 20.2. The van der Waals surface area contributed by atoms with Gasteiger partial charge in [0.2, 0.25) is 0 Å². The van der Waals surface area contributed by atoms with Crippen LogP contribution in [-0.2, 0) is 12.8 Å². The molecule has 0 saturated heterocycles. The highest BCUT2D eigenvalue weighted by molar-refractivity contribution is 5.23. The molecule has 1 aromatic rings. The number of rotatable bonds is 22. The van der Waals surface area contributed by atoms with Crippen molar-refractivity contribution in [2.75, 3.05) is 0 Å². The molecule has 0 bridgehead atoms. The number of nitrogens with one attached hydrogen (secondary N) is 1. The van der Waals surface area contributed by atoms with E-state index in [1.807, 2.05) is 0 Å². The summed E-state index contributed by atoms with van der Waals surface area (Å²) >= 11 is 0. The van der Waals surface area contributed by atoms with E-state index in [9.17, 15) is 0 Å². The minimum atomic E-state index is 1.28. The Hall–Kier alpha value is -0.720. The van der Waals surface area contributed by atoms with Crippen molar-refractivity contribution in [2.45, 2.75) is 155 Å². The van der Waals surface area contributed by atoms with E-state index in [1.54, 1.807) is 11.1 Å². The maximum Gasteiger partial charge on any atom is 0.00401 e. The lowest BCUT2D eigenvalue weighted by molar-refractivity contribution is 0.529. The molecule has 0 aliphatic rings. The molecule has 0 amide bonds. The molecule has 0 saturated carbocycles. The molecule has 170 valence electrons. The fourth-order valence-electron chi connectivity index (χ4n) is 4.50. The van der Waals surface area contributed by atoms with Crippen LogP contribution in [0.3, 0.4) is 0 Å². The van der Waals surface area contributed by atoms with Gasteiger partial charge in [-0.05, 0) is 36.8 Å². The molecule has 0 aliphatic heterocycles. The van der Waals surface area contributed by atoms with E-state index in [4.69, 9.17) is 0 Å². The Bertz CT molecular complexity index is 433. The van der Waals surface area contributed by atoms with Gasteiger partial charge >= 0.3 is 0 Å². The summed E-state index contributed by atoms with van der Waals surface area (Å²) in [4.78, 5) is 3.34. The van der Waals surface area contributed by atoms with Gasteiger partial charge in [-0.2, -0.15) is 0 Å². The van der Waals surface area contributed by atoms with Gasteiger partial charge in [-0.1, -0.05) is 129 Å². The van der Waals surface area contributed by atoms with Crippen LogP contribution in [0.5, 0.6) is 0 Å². The van der Waals surface area contributed by atoms with Gasteiger partial charge in [-0.15, -0.1) is 0 Å². The van der Waals surface area contributed by atoms with Crippen molar-refractivity contribution in [3.05, 3.63) is 23.5 Å². The second-order valence-corrected chi connectivity index (χ2v) is 9.37. The van der Waals surface area contributed by atoms with Crippen LogP contribution in [0.15, 0.2) is 12.4 Å². The Balaban J connectivity index is 1.83. The largest absolute Gasteiger partial charge is 0.367 e. The number of H-pyrrole nitrogens is 1. The molecular formula is C28H53N. The van der Waals surface area contributed by atoms with Crippen LogP contribution >= 0.6 is 0 Å². The third kappa shape index (κ3) is 15.7. The fourth-order valence-corrected chi connectivity index (χ4v) is 4.50.